The van der Waals surface area contributed by atoms with E-state index in [1.54, 1.807) is 11.8 Å². The van der Waals surface area contributed by atoms with E-state index in [0.29, 0.717) is 6.04 Å². The molecule has 5 heteroatoms. The largest absolute Gasteiger partial charge is 0.373 e. The van der Waals surface area contributed by atoms with Gasteiger partial charge >= 0.3 is 0 Å². The first kappa shape index (κ1) is 13.0. The van der Waals surface area contributed by atoms with Crippen molar-refractivity contribution < 1.29 is 0 Å². The summed E-state index contributed by atoms with van der Waals surface area (Å²) in [5, 5.41) is 4.01. The summed E-state index contributed by atoms with van der Waals surface area (Å²) in [6.07, 6.45) is 8.85. The molecule has 19 heavy (non-hydrogen) atoms. The van der Waals surface area contributed by atoms with Crippen molar-refractivity contribution in [2.75, 3.05) is 30.1 Å². The van der Waals surface area contributed by atoms with Gasteiger partial charge in [0.05, 0.1) is 0 Å². The van der Waals surface area contributed by atoms with E-state index in [0.717, 1.165) is 29.3 Å². The van der Waals surface area contributed by atoms with Gasteiger partial charge in [-0.05, 0) is 37.9 Å². The third-order valence-electron chi connectivity index (χ3n) is 4.42. The fourth-order valence-electron chi connectivity index (χ4n) is 3.52. The molecule has 2 atom stereocenters. The minimum atomic E-state index is 0.711. The van der Waals surface area contributed by atoms with Crippen LogP contribution in [-0.2, 0) is 0 Å². The van der Waals surface area contributed by atoms with Crippen LogP contribution in [0.1, 0.15) is 32.1 Å². The van der Waals surface area contributed by atoms with Crippen LogP contribution >= 0.6 is 11.8 Å². The molecule has 0 bridgehead atoms. The standard InChI is InChI=1S/C14H22N4S/c1-15-12-9-13(17-14(16-12)19-2)18-8-4-6-10-5-3-7-11(10)18/h9-11H,3-8H2,1-2H3,(H,15,16,17). The molecule has 1 aliphatic heterocycles. The smallest absolute Gasteiger partial charge is 0.191 e. The molecular weight excluding hydrogens is 256 g/mol. The Morgan fingerprint density at radius 3 is 2.89 bits per heavy atom. The highest BCUT2D eigenvalue weighted by Crippen LogP contribution is 2.39. The van der Waals surface area contributed by atoms with E-state index >= 15 is 0 Å². The number of anilines is 2. The van der Waals surface area contributed by atoms with Crippen LogP contribution in [0.5, 0.6) is 0 Å². The predicted octanol–water partition coefficient (Wildman–Crippen LogP) is 3.01. The van der Waals surface area contributed by atoms with Crippen LogP contribution < -0.4 is 10.2 Å². The van der Waals surface area contributed by atoms with E-state index in [9.17, 15) is 0 Å². The van der Waals surface area contributed by atoms with Crippen molar-refractivity contribution in [2.45, 2.75) is 43.3 Å². The van der Waals surface area contributed by atoms with E-state index in [-0.39, 0.29) is 0 Å². The quantitative estimate of drug-likeness (QED) is 0.680. The van der Waals surface area contributed by atoms with Gasteiger partial charge in [-0.1, -0.05) is 18.2 Å². The minimum Gasteiger partial charge on any atom is -0.373 e. The van der Waals surface area contributed by atoms with E-state index in [1.165, 1.54) is 32.1 Å². The lowest BCUT2D eigenvalue weighted by Gasteiger charge is -2.38. The molecule has 2 aliphatic rings. The van der Waals surface area contributed by atoms with Crippen LogP contribution in [0.3, 0.4) is 0 Å². The topological polar surface area (TPSA) is 41.0 Å². The van der Waals surface area contributed by atoms with Crippen molar-refractivity contribution in [1.29, 1.82) is 0 Å². The number of aromatic nitrogens is 2. The average molecular weight is 278 g/mol. The maximum absolute atomic E-state index is 4.72. The Kier molecular flexibility index (Phi) is 3.82. The van der Waals surface area contributed by atoms with E-state index < -0.39 is 0 Å². The molecular formula is C14H22N4S. The molecule has 1 aliphatic carbocycles. The first-order chi connectivity index (χ1) is 9.31. The predicted molar refractivity (Wildman–Crippen MR) is 81.1 cm³/mol. The molecule has 1 aromatic heterocycles. The highest BCUT2D eigenvalue weighted by Gasteiger charge is 2.35. The zero-order chi connectivity index (χ0) is 13.2. The van der Waals surface area contributed by atoms with Crippen molar-refractivity contribution in [2.24, 2.45) is 5.92 Å². The maximum Gasteiger partial charge on any atom is 0.191 e. The molecule has 0 spiro atoms. The number of thioether (sulfide) groups is 1. The van der Waals surface area contributed by atoms with Crippen molar-refractivity contribution in [1.82, 2.24) is 9.97 Å². The molecule has 0 amide bonds. The highest BCUT2D eigenvalue weighted by atomic mass is 32.2. The SMILES string of the molecule is CNc1cc(N2CCCC3CCCC32)nc(SC)n1. The van der Waals surface area contributed by atoms with Crippen LogP contribution in [0.4, 0.5) is 11.6 Å². The van der Waals surface area contributed by atoms with Gasteiger partial charge in [0.1, 0.15) is 11.6 Å². The monoisotopic (exact) mass is 278 g/mol. The summed E-state index contributed by atoms with van der Waals surface area (Å²) in [6, 6.07) is 2.81. The molecule has 0 aromatic carbocycles. The lowest BCUT2D eigenvalue weighted by molar-refractivity contribution is 0.360. The second kappa shape index (κ2) is 5.57. The van der Waals surface area contributed by atoms with Crippen molar-refractivity contribution in [3.8, 4) is 0 Å². The molecule has 2 fully saturated rings. The summed E-state index contributed by atoms with van der Waals surface area (Å²) >= 11 is 1.61. The Bertz CT molecular complexity index is 429. The first-order valence-corrected chi connectivity index (χ1v) is 8.42. The van der Waals surface area contributed by atoms with Crippen LogP contribution in [0.25, 0.3) is 0 Å². The van der Waals surface area contributed by atoms with Gasteiger partial charge in [-0.2, -0.15) is 0 Å². The summed E-state index contributed by atoms with van der Waals surface area (Å²) in [7, 11) is 1.92. The van der Waals surface area contributed by atoms with Crippen LogP contribution in [0.2, 0.25) is 0 Å². The number of rotatable bonds is 3. The molecule has 4 nitrogen and oxygen atoms in total. The Labute approximate surface area is 119 Å². The third-order valence-corrected chi connectivity index (χ3v) is 4.97. The first-order valence-electron chi connectivity index (χ1n) is 7.19. The summed E-state index contributed by atoms with van der Waals surface area (Å²) in [6.45, 7) is 1.15. The number of fused-ring (bicyclic) bond motifs is 1. The number of nitrogens with zero attached hydrogens (tertiary/aromatic N) is 3. The van der Waals surface area contributed by atoms with E-state index in [1.807, 2.05) is 13.3 Å². The van der Waals surface area contributed by atoms with Crippen molar-refractivity contribution in [3.63, 3.8) is 0 Å². The lowest BCUT2D eigenvalue weighted by Crippen LogP contribution is -2.43. The number of piperidine rings is 1. The third kappa shape index (κ3) is 2.53. The number of nitrogens with one attached hydrogen (secondary N) is 1. The van der Waals surface area contributed by atoms with Gasteiger partial charge in [0.2, 0.25) is 0 Å². The molecule has 0 radical (unpaired) electrons. The molecule has 1 saturated heterocycles. The fraction of sp³-hybridized carbons (Fsp3) is 0.714. The van der Waals surface area contributed by atoms with Gasteiger partial charge in [-0.25, -0.2) is 9.97 Å². The van der Waals surface area contributed by atoms with Gasteiger partial charge in [-0.15, -0.1) is 0 Å². The zero-order valence-electron chi connectivity index (χ0n) is 11.7. The highest BCUT2D eigenvalue weighted by molar-refractivity contribution is 7.98. The zero-order valence-corrected chi connectivity index (χ0v) is 12.5. The van der Waals surface area contributed by atoms with Gasteiger partial charge in [0.25, 0.3) is 0 Å². The average Bonchev–Trinajstić information content (AvgIpc) is 2.94. The molecule has 1 N–H and O–H groups in total. The minimum absolute atomic E-state index is 0.711. The van der Waals surface area contributed by atoms with Gasteiger partial charge in [0, 0.05) is 25.7 Å². The summed E-state index contributed by atoms with van der Waals surface area (Å²) < 4.78 is 0. The lowest BCUT2D eigenvalue weighted by atomic mass is 9.92. The molecule has 1 aromatic rings. The molecule has 3 rings (SSSR count). The normalized spacial score (nSPS) is 26.3. The van der Waals surface area contributed by atoms with Gasteiger partial charge < -0.3 is 10.2 Å². The van der Waals surface area contributed by atoms with Crippen LogP contribution in [0.15, 0.2) is 11.2 Å². The molecule has 2 heterocycles. The van der Waals surface area contributed by atoms with Crippen LogP contribution in [-0.4, -0.2) is 35.9 Å². The Morgan fingerprint density at radius 1 is 1.26 bits per heavy atom. The van der Waals surface area contributed by atoms with Crippen molar-refractivity contribution in [3.05, 3.63) is 6.07 Å². The molecule has 1 saturated carbocycles. The Hall–Kier alpha value is -0.970. The molecule has 2 unspecified atom stereocenters. The maximum atomic E-state index is 4.72. The van der Waals surface area contributed by atoms with Gasteiger partial charge in [-0.3, -0.25) is 0 Å². The Morgan fingerprint density at radius 2 is 2.11 bits per heavy atom. The summed E-state index contributed by atoms with van der Waals surface area (Å²) in [5.74, 6) is 2.93. The number of hydrogen-bond acceptors (Lipinski definition) is 5. The number of hydrogen-bond donors (Lipinski definition) is 1. The summed E-state index contributed by atoms with van der Waals surface area (Å²) in [4.78, 5) is 11.7. The fourth-order valence-corrected chi connectivity index (χ4v) is 3.89. The van der Waals surface area contributed by atoms with E-state index in [2.05, 4.69) is 21.3 Å². The van der Waals surface area contributed by atoms with E-state index in [4.69, 9.17) is 4.98 Å². The second-order valence-corrected chi connectivity index (χ2v) is 6.22. The summed E-state index contributed by atoms with van der Waals surface area (Å²) in [5.41, 5.74) is 0. The Balaban J connectivity index is 1.91. The van der Waals surface area contributed by atoms with Gasteiger partial charge in [0.15, 0.2) is 5.16 Å². The molecule has 104 valence electrons. The van der Waals surface area contributed by atoms with Crippen LogP contribution in [0, 0.1) is 5.92 Å². The second-order valence-electron chi connectivity index (χ2n) is 5.44. The van der Waals surface area contributed by atoms with Crippen molar-refractivity contribution >= 4 is 23.4 Å².